The van der Waals surface area contributed by atoms with Gasteiger partial charge in [-0.25, -0.2) is 18.4 Å². The molecule has 2 aliphatic rings. The number of aromatic amines is 1. The van der Waals surface area contributed by atoms with Crippen molar-refractivity contribution in [2.24, 2.45) is 5.41 Å². The SMILES string of the molecule is Cc1nc(-c2ccc(NS(=O)(=O)c3cc(Cl)ccc3Cl)cc2)nc2[nH]nc(N3CCC4(CC3)COC4)c12. The standard InChI is InChI=1S/C25H24Cl2N6O3S/c1-15-21-23(30-31-24(21)33-10-8-25(9-11-33)13-36-14-25)29-22(28-15)16-2-5-18(6-3-16)32-37(34,35)20-12-17(26)4-7-19(20)27/h2-7,12,32H,8-11,13-14H2,1H3,(H,28,29,30,31). The molecule has 2 aromatic carbocycles. The smallest absolute Gasteiger partial charge is 0.263 e. The van der Waals surface area contributed by atoms with Crippen LogP contribution in [-0.4, -0.2) is 54.9 Å². The minimum Gasteiger partial charge on any atom is -0.380 e. The first-order valence-electron chi connectivity index (χ1n) is 11.9. The quantitative estimate of drug-likeness (QED) is 0.352. The predicted octanol–water partition coefficient (Wildman–Crippen LogP) is 5.05. The van der Waals surface area contributed by atoms with Crippen LogP contribution in [0.3, 0.4) is 0 Å². The summed E-state index contributed by atoms with van der Waals surface area (Å²) in [6, 6.07) is 11.1. The lowest BCUT2D eigenvalue weighted by molar-refractivity contribution is -0.124. The number of hydrogen-bond acceptors (Lipinski definition) is 7. The van der Waals surface area contributed by atoms with Gasteiger partial charge in [0.1, 0.15) is 4.90 Å². The zero-order valence-corrected chi connectivity index (χ0v) is 22.3. The number of H-pyrrole nitrogens is 1. The summed E-state index contributed by atoms with van der Waals surface area (Å²) in [5, 5.41) is 8.94. The second kappa shape index (κ2) is 9.13. The molecule has 2 N–H and O–H groups in total. The van der Waals surface area contributed by atoms with Gasteiger partial charge in [-0.1, -0.05) is 23.2 Å². The van der Waals surface area contributed by atoms with Gasteiger partial charge in [-0.2, -0.15) is 5.10 Å². The summed E-state index contributed by atoms with van der Waals surface area (Å²) in [6.45, 7) is 5.55. The van der Waals surface area contributed by atoms with E-state index in [1.165, 1.54) is 18.2 Å². The molecule has 0 radical (unpaired) electrons. The first-order valence-corrected chi connectivity index (χ1v) is 14.1. The van der Waals surface area contributed by atoms with Crippen molar-refractivity contribution in [2.75, 3.05) is 35.9 Å². The average molecular weight is 559 g/mol. The van der Waals surface area contributed by atoms with E-state index in [0.717, 1.165) is 61.6 Å². The van der Waals surface area contributed by atoms with E-state index < -0.39 is 10.0 Å². The Morgan fingerprint density at radius 2 is 1.78 bits per heavy atom. The van der Waals surface area contributed by atoms with Gasteiger partial charge in [0.25, 0.3) is 10.0 Å². The third-order valence-electron chi connectivity index (χ3n) is 7.10. The Morgan fingerprint density at radius 1 is 1.05 bits per heavy atom. The fraction of sp³-hybridized carbons (Fsp3) is 0.320. The van der Waals surface area contributed by atoms with Crippen LogP contribution in [0.2, 0.25) is 10.0 Å². The summed E-state index contributed by atoms with van der Waals surface area (Å²) in [6.07, 6.45) is 2.19. The van der Waals surface area contributed by atoms with Gasteiger partial charge < -0.3 is 9.64 Å². The molecule has 0 unspecified atom stereocenters. The maximum atomic E-state index is 12.8. The number of nitrogens with zero attached hydrogens (tertiary/aromatic N) is 4. The Labute approximate surface area is 224 Å². The zero-order chi connectivity index (χ0) is 25.8. The fourth-order valence-electron chi connectivity index (χ4n) is 4.89. The Balaban J connectivity index is 1.23. The normalized spacial score (nSPS) is 17.2. The molecule has 1 spiro atoms. The molecule has 37 heavy (non-hydrogen) atoms. The van der Waals surface area contributed by atoms with Crippen molar-refractivity contribution in [3.63, 3.8) is 0 Å². The first-order chi connectivity index (χ1) is 17.7. The number of rotatable bonds is 5. The average Bonchev–Trinajstić information content (AvgIpc) is 3.29. The van der Waals surface area contributed by atoms with E-state index in [2.05, 4.69) is 19.8 Å². The van der Waals surface area contributed by atoms with Crippen molar-refractivity contribution < 1.29 is 13.2 Å². The van der Waals surface area contributed by atoms with Crippen LogP contribution in [0.5, 0.6) is 0 Å². The van der Waals surface area contributed by atoms with Gasteiger partial charge in [0.2, 0.25) is 0 Å². The van der Waals surface area contributed by atoms with E-state index >= 15 is 0 Å². The second-order valence-corrected chi connectivity index (χ2v) is 12.1. The highest BCUT2D eigenvalue weighted by molar-refractivity contribution is 7.92. The monoisotopic (exact) mass is 558 g/mol. The fourth-order valence-corrected chi connectivity index (χ4v) is 6.72. The highest BCUT2D eigenvalue weighted by Gasteiger charge is 2.41. The number of aryl methyl sites for hydroxylation is 1. The Hall–Kier alpha value is -2.92. The summed E-state index contributed by atoms with van der Waals surface area (Å²) in [5.41, 5.74) is 2.97. The number of anilines is 2. The lowest BCUT2D eigenvalue weighted by Crippen LogP contribution is -2.51. The third kappa shape index (κ3) is 4.52. The summed E-state index contributed by atoms with van der Waals surface area (Å²) >= 11 is 12.0. The van der Waals surface area contributed by atoms with Crippen LogP contribution in [0.1, 0.15) is 18.5 Å². The molecule has 4 aromatic rings. The molecule has 2 saturated heterocycles. The maximum Gasteiger partial charge on any atom is 0.263 e. The summed E-state index contributed by atoms with van der Waals surface area (Å²) in [7, 11) is -3.92. The van der Waals surface area contributed by atoms with E-state index in [0.29, 0.717) is 22.6 Å². The lowest BCUT2D eigenvalue weighted by Gasteiger charge is -2.47. The molecule has 2 aromatic heterocycles. The number of piperidine rings is 1. The molecular formula is C25H24Cl2N6O3S. The second-order valence-electron chi connectivity index (χ2n) is 9.64. The molecule has 0 saturated carbocycles. The molecule has 0 atom stereocenters. The van der Waals surface area contributed by atoms with Gasteiger partial charge in [0, 0.05) is 34.8 Å². The number of sulfonamides is 1. The Kier molecular flexibility index (Phi) is 6.02. The molecule has 2 fully saturated rings. The van der Waals surface area contributed by atoms with Gasteiger partial charge in [-0.3, -0.25) is 9.82 Å². The van der Waals surface area contributed by atoms with Crippen LogP contribution in [0.15, 0.2) is 47.4 Å². The van der Waals surface area contributed by atoms with Crippen molar-refractivity contribution in [3.05, 3.63) is 58.2 Å². The number of benzene rings is 2. The van der Waals surface area contributed by atoms with E-state index in [9.17, 15) is 8.42 Å². The number of fused-ring (bicyclic) bond motifs is 1. The molecule has 9 nitrogen and oxygen atoms in total. The van der Waals surface area contributed by atoms with Crippen LogP contribution in [0.4, 0.5) is 11.5 Å². The van der Waals surface area contributed by atoms with Crippen LogP contribution in [-0.2, 0) is 14.8 Å². The summed E-state index contributed by atoms with van der Waals surface area (Å²) in [4.78, 5) is 11.7. The molecule has 2 aliphatic heterocycles. The molecule has 6 rings (SSSR count). The number of nitrogens with one attached hydrogen (secondary N) is 2. The van der Waals surface area contributed by atoms with Crippen molar-refractivity contribution in [3.8, 4) is 11.4 Å². The third-order valence-corrected chi connectivity index (χ3v) is 9.20. The minimum atomic E-state index is -3.92. The van der Waals surface area contributed by atoms with Crippen molar-refractivity contribution >= 4 is 55.8 Å². The van der Waals surface area contributed by atoms with Crippen LogP contribution >= 0.6 is 23.2 Å². The van der Waals surface area contributed by atoms with Crippen molar-refractivity contribution in [1.82, 2.24) is 20.2 Å². The van der Waals surface area contributed by atoms with Crippen LogP contribution < -0.4 is 9.62 Å². The maximum absolute atomic E-state index is 12.8. The minimum absolute atomic E-state index is 0.0879. The number of aromatic nitrogens is 4. The van der Waals surface area contributed by atoms with Crippen LogP contribution in [0.25, 0.3) is 22.4 Å². The van der Waals surface area contributed by atoms with Gasteiger partial charge in [0.15, 0.2) is 17.3 Å². The molecule has 192 valence electrons. The largest absolute Gasteiger partial charge is 0.380 e. The zero-order valence-electron chi connectivity index (χ0n) is 20.0. The number of ether oxygens (including phenoxy) is 1. The molecule has 12 heteroatoms. The lowest BCUT2D eigenvalue weighted by atomic mass is 9.77. The van der Waals surface area contributed by atoms with E-state index in [4.69, 9.17) is 37.9 Å². The highest BCUT2D eigenvalue weighted by Crippen LogP contribution is 2.40. The van der Waals surface area contributed by atoms with Crippen molar-refractivity contribution in [2.45, 2.75) is 24.7 Å². The molecule has 0 bridgehead atoms. The highest BCUT2D eigenvalue weighted by atomic mass is 35.5. The Bertz CT molecular complexity index is 1590. The molecule has 4 heterocycles. The van der Waals surface area contributed by atoms with Gasteiger partial charge >= 0.3 is 0 Å². The Morgan fingerprint density at radius 3 is 2.46 bits per heavy atom. The van der Waals surface area contributed by atoms with Crippen molar-refractivity contribution in [1.29, 1.82) is 0 Å². The molecular weight excluding hydrogens is 535 g/mol. The van der Waals surface area contributed by atoms with Gasteiger partial charge in [-0.15, -0.1) is 0 Å². The topological polar surface area (TPSA) is 113 Å². The van der Waals surface area contributed by atoms with E-state index in [1.54, 1.807) is 24.3 Å². The van der Waals surface area contributed by atoms with Crippen LogP contribution in [0, 0.1) is 12.3 Å². The number of hydrogen-bond donors (Lipinski definition) is 2. The predicted molar refractivity (Wildman–Crippen MR) is 144 cm³/mol. The number of halogens is 2. The molecule has 0 aliphatic carbocycles. The first kappa shape index (κ1) is 24.4. The molecule has 0 amide bonds. The van der Waals surface area contributed by atoms with E-state index in [-0.39, 0.29) is 14.9 Å². The van der Waals surface area contributed by atoms with Gasteiger partial charge in [-0.05, 0) is 62.2 Å². The van der Waals surface area contributed by atoms with Gasteiger partial charge in [0.05, 0.1) is 29.3 Å². The van der Waals surface area contributed by atoms with E-state index in [1.807, 2.05) is 6.92 Å². The summed E-state index contributed by atoms with van der Waals surface area (Å²) in [5.74, 6) is 1.41. The summed E-state index contributed by atoms with van der Waals surface area (Å²) < 4.78 is 33.6.